The Bertz CT molecular complexity index is 315. The second-order valence-electron chi connectivity index (χ2n) is 4.04. The van der Waals surface area contributed by atoms with Crippen molar-refractivity contribution >= 4 is 0 Å². The van der Waals surface area contributed by atoms with E-state index in [0.29, 0.717) is 6.61 Å². The number of ether oxygens (including phenoxy) is 2. The van der Waals surface area contributed by atoms with E-state index in [0.717, 1.165) is 30.8 Å². The van der Waals surface area contributed by atoms with Gasteiger partial charge in [0.15, 0.2) is 0 Å². The molecule has 0 aliphatic heterocycles. The summed E-state index contributed by atoms with van der Waals surface area (Å²) in [6.07, 6.45) is 1.23. The molecule has 0 aliphatic carbocycles. The van der Waals surface area contributed by atoms with Crippen LogP contribution in [0.3, 0.4) is 0 Å². The van der Waals surface area contributed by atoms with Crippen LogP contribution in [0.1, 0.15) is 25.8 Å². The van der Waals surface area contributed by atoms with Gasteiger partial charge in [-0.1, -0.05) is 26.0 Å². The molecular weight excluding hydrogens is 214 g/mol. The fourth-order valence-electron chi connectivity index (χ4n) is 1.64. The summed E-state index contributed by atoms with van der Waals surface area (Å²) in [5, 5.41) is 3.31. The highest BCUT2D eigenvalue weighted by Crippen LogP contribution is 2.16. The fourth-order valence-corrected chi connectivity index (χ4v) is 1.64. The number of methoxy groups -OCH3 is 1. The molecule has 1 atom stereocenters. The maximum absolute atomic E-state index is 5.93. The van der Waals surface area contributed by atoms with Crippen molar-refractivity contribution in [2.24, 2.45) is 0 Å². The Kier molecular flexibility index (Phi) is 6.67. The highest BCUT2D eigenvalue weighted by molar-refractivity contribution is 5.28. The number of nitrogens with one attached hydrogen (secondary N) is 1. The summed E-state index contributed by atoms with van der Waals surface area (Å²) >= 11 is 0. The van der Waals surface area contributed by atoms with Gasteiger partial charge in [-0.25, -0.2) is 0 Å². The average molecular weight is 237 g/mol. The Hall–Kier alpha value is -1.06. The lowest BCUT2D eigenvalue weighted by Gasteiger charge is -2.18. The lowest BCUT2D eigenvalue weighted by atomic mass is 10.2. The van der Waals surface area contributed by atoms with Gasteiger partial charge < -0.3 is 14.8 Å². The molecule has 0 amide bonds. The van der Waals surface area contributed by atoms with Crippen molar-refractivity contribution in [2.45, 2.75) is 33.0 Å². The molecule has 0 saturated carbocycles. The normalized spacial score (nSPS) is 12.4. The minimum absolute atomic E-state index is 0.229. The van der Waals surface area contributed by atoms with Gasteiger partial charge in [-0.05, 0) is 30.7 Å². The summed E-state index contributed by atoms with van der Waals surface area (Å²) in [7, 11) is 1.70. The first-order valence-corrected chi connectivity index (χ1v) is 6.25. The summed E-state index contributed by atoms with van der Waals surface area (Å²) in [6, 6.07) is 8.08. The molecule has 0 radical (unpaired) electrons. The van der Waals surface area contributed by atoms with Crippen molar-refractivity contribution < 1.29 is 9.47 Å². The first kappa shape index (κ1) is 14.0. The molecule has 3 heteroatoms. The molecule has 0 heterocycles. The lowest BCUT2D eigenvalue weighted by molar-refractivity contribution is 0.181. The molecule has 0 bridgehead atoms. The third-order valence-electron chi connectivity index (χ3n) is 2.59. The number of rotatable bonds is 8. The van der Waals surface area contributed by atoms with Crippen LogP contribution in [0.5, 0.6) is 5.75 Å². The van der Waals surface area contributed by atoms with Gasteiger partial charge in [-0.2, -0.15) is 0 Å². The quantitative estimate of drug-likeness (QED) is 0.754. The topological polar surface area (TPSA) is 30.5 Å². The number of hydrogen-bond acceptors (Lipinski definition) is 3. The van der Waals surface area contributed by atoms with Gasteiger partial charge in [0.05, 0.1) is 6.61 Å². The molecule has 1 N–H and O–H groups in total. The predicted octanol–water partition coefficient (Wildman–Crippen LogP) is 2.60. The van der Waals surface area contributed by atoms with Gasteiger partial charge >= 0.3 is 0 Å². The largest absolute Gasteiger partial charge is 0.489 e. The fraction of sp³-hybridized carbons (Fsp3) is 0.571. The third-order valence-corrected chi connectivity index (χ3v) is 2.59. The van der Waals surface area contributed by atoms with Crippen molar-refractivity contribution in [3.8, 4) is 5.75 Å². The standard InChI is InChI=1S/C14H23NO2/c1-4-13(10-15-5-2)17-14-8-6-7-12(9-14)11-16-3/h6-9,13,15H,4-5,10-11H2,1-3H3. The van der Waals surface area contributed by atoms with E-state index in [1.807, 2.05) is 24.3 Å². The first-order chi connectivity index (χ1) is 8.30. The maximum Gasteiger partial charge on any atom is 0.120 e. The van der Waals surface area contributed by atoms with Gasteiger partial charge in [0.2, 0.25) is 0 Å². The molecule has 96 valence electrons. The van der Waals surface area contributed by atoms with Gasteiger partial charge in [0.25, 0.3) is 0 Å². The summed E-state index contributed by atoms with van der Waals surface area (Å²) in [5.41, 5.74) is 1.14. The Labute approximate surface area is 104 Å². The molecule has 1 aromatic carbocycles. The Balaban J connectivity index is 2.55. The van der Waals surface area contributed by atoms with Crippen LogP contribution < -0.4 is 10.1 Å². The van der Waals surface area contributed by atoms with Crippen molar-refractivity contribution in [2.75, 3.05) is 20.2 Å². The van der Waals surface area contributed by atoms with Crippen LogP contribution in [0.4, 0.5) is 0 Å². The summed E-state index contributed by atoms with van der Waals surface area (Å²) in [5.74, 6) is 0.921. The van der Waals surface area contributed by atoms with E-state index in [1.165, 1.54) is 0 Å². The molecule has 0 aliphatic rings. The molecular formula is C14H23NO2. The van der Waals surface area contributed by atoms with Crippen LogP contribution in [0, 0.1) is 0 Å². The Morgan fingerprint density at radius 3 is 2.76 bits per heavy atom. The molecule has 1 unspecified atom stereocenters. The van der Waals surface area contributed by atoms with Gasteiger partial charge in [-0.3, -0.25) is 0 Å². The zero-order chi connectivity index (χ0) is 12.5. The van der Waals surface area contributed by atoms with Crippen LogP contribution >= 0.6 is 0 Å². The van der Waals surface area contributed by atoms with Gasteiger partial charge in [0, 0.05) is 13.7 Å². The molecule has 0 spiro atoms. The lowest BCUT2D eigenvalue weighted by Crippen LogP contribution is -2.30. The molecule has 0 saturated heterocycles. The van der Waals surface area contributed by atoms with E-state index in [9.17, 15) is 0 Å². The second kappa shape index (κ2) is 8.09. The average Bonchev–Trinajstić information content (AvgIpc) is 2.35. The van der Waals surface area contributed by atoms with Crippen LogP contribution in [0.25, 0.3) is 0 Å². The van der Waals surface area contributed by atoms with E-state index in [2.05, 4.69) is 19.2 Å². The zero-order valence-corrected chi connectivity index (χ0v) is 11.0. The number of benzene rings is 1. The highest BCUT2D eigenvalue weighted by atomic mass is 16.5. The van der Waals surface area contributed by atoms with Crippen molar-refractivity contribution in [3.63, 3.8) is 0 Å². The van der Waals surface area contributed by atoms with Crippen molar-refractivity contribution in [1.29, 1.82) is 0 Å². The maximum atomic E-state index is 5.93. The molecule has 0 fully saturated rings. The highest BCUT2D eigenvalue weighted by Gasteiger charge is 2.07. The minimum atomic E-state index is 0.229. The molecule has 0 aromatic heterocycles. The second-order valence-corrected chi connectivity index (χ2v) is 4.04. The third kappa shape index (κ3) is 5.20. The van der Waals surface area contributed by atoms with Gasteiger partial charge in [-0.15, -0.1) is 0 Å². The Morgan fingerprint density at radius 1 is 1.29 bits per heavy atom. The van der Waals surface area contributed by atoms with E-state index in [1.54, 1.807) is 7.11 Å². The minimum Gasteiger partial charge on any atom is -0.489 e. The smallest absolute Gasteiger partial charge is 0.120 e. The van der Waals surface area contributed by atoms with E-state index in [4.69, 9.17) is 9.47 Å². The van der Waals surface area contributed by atoms with Crippen LogP contribution in [-0.2, 0) is 11.3 Å². The molecule has 1 rings (SSSR count). The van der Waals surface area contributed by atoms with Crippen LogP contribution in [-0.4, -0.2) is 26.3 Å². The molecule has 3 nitrogen and oxygen atoms in total. The SMILES string of the molecule is CCNCC(CC)Oc1cccc(COC)c1. The number of likely N-dealkylation sites (N-methyl/N-ethyl adjacent to an activating group) is 1. The predicted molar refractivity (Wildman–Crippen MR) is 70.4 cm³/mol. The van der Waals surface area contributed by atoms with Crippen LogP contribution in [0.15, 0.2) is 24.3 Å². The van der Waals surface area contributed by atoms with Gasteiger partial charge in [0.1, 0.15) is 11.9 Å². The molecule has 1 aromatic rings. The zero-order valence-electron chi connectivity index (χ0n) is 11.0. The summed E-state index contributed by atoms with van der Waals surface area (Å²) in [6.45, 7) is 6.74. The van der Waals surface area contributed by atoms with E-state index >= 15 is 0 Å². The molecule has 17 heavy (non-hydrogen) atoms. The Morgan fingerprint density at radius 2 is 2.12 bits per heavy atom. The summed E-state index contributed by atoms with van der Waals surface area (Å²) in [4.78, 5) is 0. The number of hydrogen-bond donors (Lipinski definition) is 1. The monoisotopic (exact) mass is 237 g/mol. The van der Waals surface area contributed by atoms with Crippen LogP contribution in [0.2, 0.25) is 0 Å². The first-order valence-electron chi connectivity index (χ1n) is 6.25. The van der Waals surface area contributed by atoms with Crippen molar-refractivity contribution in [1.82, 2.24) is 5.32 Å². The van der Waals surface area contributed by atoms with E-state index < -0.39 is 0 Å². The van der Waals surface area contributed by atoms with Crippen molar-refractivity contribution in [3.05, 3.63) is 29.8 Å². The van der Waals surface area contributed by atoms with E-state index in [-0.39, 0.29) is 6.10 Å². The summed E-state index contributed by atoms with van der Waals surface area (Å²) < 4.78 is 11.0.